The molecule has 1 aliphatic rings. The first-order valence-electron chi connectivity index (χ1n) is 12.7. The van der Waals surface area contributed by atoms with Gasteiger partial charge in [0.25, 0.3) is 0 Å². The molecule has 0 spiro atoms. The minimum absolute atomic E-state index is 0.903. The molecule has 3 aromatic carbocycles. The molecule has 1 aliphatic heterocycles. The molecular formula is C34H39N. The Labute approximate surface area is 212 Å². The van der Waals surface area contributed by atoms with Crippen molar-refractivity contribution in [1.82, 2.24) is 4.90 Å². The first-order chi connectivity index (χ1) is 17.0. The molecule has 1 heterocycles. The second-order valence-electron chi connectivity index (χ2n) is 8.90. The summed E-state index contributed by atoms with van der Waals surface area (Å²) in [6.45, 7) is 13.6. The van der Waals surface area contributed by atoms with Gasteiger partial charge in [0.15, 0.2) is 0 Å². The van der Waals surface area contributed by atoms with Crippen molar-refractivity contribution in [3.8, 4) is 0 Å². The van der Waals surface area contributed by atoms with Crippen molar-refractivity contribution in [2.75, 3.05) is 13.6 Å². The Bertz CT molecular complexity index is 1220. The van der Waals surface area contributed by atoms with Crippen molar-refractivity contribution in [1.29, 1.82) is 0 Å². The molecule has 0 amide bonds. The van der Waals surface area contributed by atoms with Gasteiger partial charge in [-0.25, -0.2) is 0 Å². The van der Waals surface area contributed by atoms with Crippen LogP contribution in [0.5, 0.6) is 0 Å². The maximum Gasteiger partial charge on any atom is 0.0445 e. The monoisotopic (exact) mass is 461 g/mol. The topological polar surface area (TPSA) is 3.24 Å². The van der Waals surface area contributed by atoms with Gasteiger partial charge in [-0.15, -0.1) is 0 Å². The highest BCUT2D eigenvalue weighted by atomic mass is 15.1. The van der Waals surface area contributed by atoms with Gasteiger partial charge in [0, 0.05) is 24.9 Å². The van der Waals surface area contributed by atoms with Crippen molar-refractivity contribution in [3.05, 3.63) is 143 Å². The van der Waals surface area contributed by atoms with Gasteiger partial charge in [0.1, 0.15) is 0 Å². The second-order valence-corrected chi connectivity index (χ2v) is 8.90. The molecule has 0 N–H and O–H groups in total. The SMILES string of the molecule is C=C(/C(C)=C\Cc1ccccc1Cc1ccccc1C1=CC(C)=CCN1C)c1ccccc1.CC. The Hall–Kier alpha value is -3.58. The van der Waals surface area contributed by atoms with E-state index in [1.54, 1.807) is 0 Å². The first kappa shape index (κ1) is 26.0. The van der Waals surface area contributed by atoms with E-state index in [9.17, 15) is 0 Å². The van der Waals surface area contributed by atoms with E-state index in [0.29, 0.717) is 0 Å². The summed E-state index contributed by atoms with van der Waals surface area (Å²) in [5.41, 5.74) is 11.6. The van der Waals surface area contributed by atoms with E-state index < -0.39 is 0 Å². The van der Waals surface area contributed by atoms with E-state index in [4.69, 9.17) is 0 Å². The van der Waals surface area contributed by atoms with Crippen LogP contribution in [0.4, 0.5) is 0 Å². The Balaban J connectivity index is 0.00000167. The summed E-state index contributed by atoms with van der Waals surface area (Å²) in [4.78, 5) is 2.33. The van der Waals surface area contributed by atoms with Crippen molar-refractivity contribution >= 4 is 11.3 Å². The van der Waals surface area contributed by atoms with Crippen LogP contribution in [-0.2, 0) is 12.8 Å². The number of hydrogen-bond acceptors (Lipinski definition) is 1. The molecule has 4 rings (SSSR count). The van der Waals surface area contributed by atoms with Gasteiger partial charge in [-0.1, -0.05) is 117 Å². The van der Waals surface area contributed by atoms with Gasteiger partial charge in [0.2, 0.25) is 0 Å². The number of hydrogen-bond donors (Lipinski definition) is 0. The molecule has 0 radical (unpaired) electrons. The maximum absolute atomic E-state index is 4.32. The molecule has 0 fully saturated rings. The number of allylic oxidation sites excluding steroid dienone is 5. The highest BCUT2D eigenvalue weighted by Crippen LogP contribution is 2.29. The lowest BCUT2D eigenvalue weighted by Crippen LogP contribution is -2.20. The van der Waals surface area contributed by atoms with Crippen molar-refractivity contribution in [3.63, 3.8) is 0 Å². The molecule has 0 bridgehead atoms. The molecule has 35 heavy (non-hydrogen) atoms. The second kappa shape index (κ2) is 12.8. The van der Waals surface area contributed by atoms with Crippen LogP contribution in [0.3, 0.4) is 0 Å². The van der Waals surface area contributed by atoms with Gasteiger partial charge in [-0.05, 0) is 66.2 Å². The van der Waals surface area contributed by atoms with Crippen molar-refractivity contribution in [2.24, 2.45) is 0 Å². The number of nitrogens with zero attached hydrogens (tertiary/aromatic N) is 1. The van der Waals surface area contributed by atoms with Gasteiger partial charge in [-0.3, -0.25) is 0 Å². The summed E-state index contributed by atoms with van der Waals surface area (Å²) in [5.74, 6) is 0. The highest BCUT2D eigenvalue weighted by Gasteiger charge is 2.15. The molecule has 0 unspecified atom stereocenters. The Morgan fingerprint density at radius 1 is 0.857 bits per heavy atom. The van der Waals surface area contributed by atoms with E-state index in [0.717, 1.165) is 25.0 Å². The normalized spacial score (nSPS) is 13.4. The lowest BCUT2D eigenvalue weighted by molar-refractivity contribution is 0.528. The molecule has 0 saturated heterocycles. The van der Waals surface area contributed by atoms with Crippen LogP contribution in [0.25, 0.3) is 11.3 Å². The minimum Gasteiger partial charge on any atom is -0.370 e. The standard InChI is InChI=1S/C32H33N.C2H6/c1-24-20-21-33(4)32(22-24)31-17-11-10-16-30(31)23-29-15-9-8-14-28(29)19-18-25(2)26(3)27-12-6-5-7-13-27;1-2/h5-18,20,22H,3,19,21,23H2,1-2,4H3;1-2H3/b25-18-;. The molecular weight excluding hydrogens is 422 g/mol. The third-order valence-corrected chi connectivity index (χ3v) is 6.48. The summed E-state index contributed by atoms with van der Waals surface area (Å²) in [7, 11) is 2.17. The summed E-state index contributed by atoms with van der Waals surface area (Å²) >= 11 is 0. The molecule has 1 heteroatoms. The Kier molecular flexibility index (Phi) is 9.49. The third-order valence-electron chi connectivity index (χ3n) is 6.48. The Morgan fingerprint density at radius 3 is 2.17 bits per heavy atom. The third kappa shape index (κ3) is 6.73. The van der Waals surface area contributed by atoms with Gasteiger partial charge < -0.3 is 4.90 Å². The quantitative estimate of drug-likeness (QED) is 0.318. The summed E-state index contributed by atoms with van der Waals surface area (Å²) in [6.07, 6.45) is 8.72. The van der Waals surface area contributed by atoms with Crippen LogP contribution in [0.15, 0.2) is 115 Å². The van der Waals surface area contributed by atoms with E-state index in [1.165, 1.54) is 44.7 Å². The lowest BCUT2D eigenvalue weighted by atomic mass is 9.92. The van der Waals surface area contributed by atoms with E-state index >= 15 is 0 Å². The zero-order chi connectivity index (χ0) is 25.2. The average Bonchev–Trinajstić information content (AvgIpc) is 2.91. The summed E-state index contributed by atoms with van der Waals surface area (Å²) in [6, 6.07) is 28.1. The zero-order valence-corrected chi connectivity index (χ0v) is 22.0. The molecule has 180 valence electrons. The van der Waals surface area contributed by atoms with Crippen LogP contribution in [0.2, 0.25) is 0 Å². The minimum atomic E-state index is 0.903. The van der Waals surface area contributed by atoms with E-state index in [2.05, 4.69) is 123 Å². The molecule has 3 aromatic rings. The van der Waals surface area contributed by atoms with Gasteiger partial charge >= 0.3 is 0 Å². The van der Waals surface area contributed by atoms with Crippen LogP contribution in [0, 0.1) is 0 Å². The predicted octanol–water partition coefficient (Wildman–Crippen LogP) is 8.74. The smallest absolute Gasteiger partial charge is 0.0445 e. The largest absolute Gasteiger partial charge is 0.370 e. The van der Waals surface area contributed by atoms with Crippen LogP contribution < -0.4 is 0 Å². The maximum atomic E-state index is 4.32. The number of likely N-dealkylation sites (N-methyl/N-ethyl adjacent to an activating group) is 1. The zero-order valence-electron chi connectivity index (χ0n) is 22.0. The summed E-state index contributed by atoms with van der Waals surface area (Å²) in [5, 5.41) is 0. The van der Waals surface area contributed by atoms with Crippen LogP contribution in [0.1, 0.15) is 55.5 Å². The van der Waals surface area contributed by atoms with Gasteiger partial charge in [-0.2, -0.15) is 0 Å². The molecule has 0 saturated carbocycles. The molecule has 0 atom stereocenters. The van der Waals surface area contributed by atoms with Crippen LogP contribution >= 0.6 is 0 Å². The van der Waals surface area contributed by atoms with Crippen molar-refractivity contribution in [2.45, 2.75) is 40.5 Å². The predicted molar refractivity (Wildman–Crippen MR) is 154 cm³/mol. The molecule has 0 aromatic heterocycles. The highest BCUT2D eigenvalue weighted by molar-refractivity contribution is 5.76. The first-order valence-corrected chi connectivity index (χ1v) is 12.7. The number of rotatable bonds is 7. The fourth-order valence-electron chi connectivity index (χ4n) is 4.36. The van der Waals surface area contributed by atoms with Gasteiger partial charge in [0.05, 0.1) is 0 Å². The fraction of sp³-hybridized carbons (Fsp3) is 0.235. The molecule has 1 nitrogen and oxygen atoms in total. The molecule has 0 aliphatic carbocycles. The fourth-order valence-corrected chi connectivity index (χ4v) is 4.36. The Morgan fingerprint density at radius 2 is 1.46 bits per heavy atom. The number of benzene rings is 3. The lowest BCUT2D eigenvalue weighted by Gasteiger charge is -2.27. The average molecular weight is 462 g/mol. The van der Waals surface area contributed by atoms with Crippen LogP contribution in [-0.4, -0.2) is 18.5 Å². The van der Waals surface area contributed by atoms with Crippen molar-refractivity contribution < 1.29 is 0 Å². The summed E-state index contributed by atoms with van der Waals surface area (Å²) < 4.78 is 0. The van der Waals surface area contributed by atoms with E-state index in [1.807, 2.05) is 19.9 Å². The van der Waals surface area contributed by atoms with E-state index in [-0.39, 0.29) is 0 Å².